The van der Waals surface area contributed by atoms with Crippen LogP contribution in [0.1, 0.15) is 36.1 Å². The first-order valence-corrected chi connectivity index (χ1v) is 15.5. The van der Waals surface area contributed by atoms with E-state index < -0.39 is 28.5 Å². The van der Waals surface area contributed by atoms with Gasteiger partial charge in [-0.05, 0) is 54.7 Å². The smallest absolute Gasteiger partial charge is 0.244 e. The topological polar surface area (TPSA) is 86.8 Å². The number of nitrogens with zero attached hydrogens (tertiary/aromatic N) is 2. The highest BCUT2D eigenvalue weighted by molar-refractivity contribution is 7.92. The Labute approximate surface area is 243 Å². The summed E-state index contributed by atoms with van der Waals surface area (Å²) in [4.78, 5) is 29.3. The number of halogens is 1. The highest BCUT2D eigenvalue weighted by atomic mass is 35.5. The molecular formula is C31H38ClN3O4S. The molecule has 0 radical (unpaired) electrons. The van der Waals surface area contributed by atoms with Gasteiger partial charge in [-0.2, -0.15) is 0 Å². The predicted octanol–water partition coefficient (Wildman–Crippen LogP) is 5.14. The maximum atomic E-state index is 14.1. The molecule has 7 nitrogen and oxygen atoms in total. The third-order valence-electron chi connectivity index (χ3n) is 6.50. The second-order valence-electron chi connectivity index (χ2n) is 10.6. The Bertz CT molecular complexity index is 1430. The summed E-state index contributed by atoms with van der Waals surface area (Å²) in [5.41, 5.74) is 3.73. The zero-order valence-electron chi connectivity index (χ0n) is 23.7. The molecule has 0 heterocycles. The first-order chi connectivity index (χ1) is 18.8. The second-order valence-corrected chi connectivity index (χ2v) is 12.9. The van der Waals surface area contributed by atoms with Crippen LogP contribution in [-0.2, 0) is 32.6 Å². The summed E-state index contributed by atoms with van der Waals surface area (Å²) < 4.78 is 27.0. The maximum Gasteiger partial charge on any atom is 0.244 e. The van der Waals surface area contributed by atoms with E-state index in [0.29, 0.717) is 22.8 Å². The van der Waals surface area contributed by atoms with Gasteiger partial charge in [-0.1, -0.05) is 85.6 Å². The molecular weight excluding hydrogens is 546 g/mol. The van der Waals surface area contributed by atoms with E-state index in [1.165, 1.54) is 4.90 Å². The van der Waals surface area contributed by atoms with Crippen molar-refractivity contribution in [2.75, 3.05) is 23.7 Å². The summed E-state index contributed by atoms with van der Waals surface area (Å²) >= 11 is 6.11. The Morgan fingerprint density at radius 2 is 1.60 bits per heavy atom. The molecule has 0 unspecified atom stereocenters. The van der Waals surface area contributed by atoms with Gasteiger partial charge in [-0.15, -0.1) is 0 Å². The van der Waals surface area contributed by atoms with Crippen LogP contribution in [0.3, 0.4) is 0 Å². The van der Waals surface area contributed by atoms with Crippen LogP contribution in [0.25, 0.3) is 0 Å². The standard InChI is InChI=1S/C31H38ClN3O4S/c1-22(2)19-33-31(37)29(18-25-11-7-6-8-12-25)34(20-26-13-9-10-23(3)16-26)30(36)21-35(40(5,38)39)28-15-14-27(32)17-24(28)4/h6-17,22,29H,18-21H2,1-5H3,(H,33,37)/t29-/m1/s1. The number of amides is 2. The molecule has 9 heteroatoms. The number of aryl methyl sites for hydroxylation is 2. The van der Waals surface area contributed by atoms with E-state index in [4.69, 9.17) is 11.6 Å². The van der Waals surface area contributed by atoms with Crippen molar-refractivity contribution in [2.24, 2.45) is 5.92 Å². The third-order valence-corrected chi connectivity index (χ3v) is 7.86. The minimum atomic E-state index is -3.85. The van der Waals surface area contributed by atoms with Crippen LogP contribution in [0.4, 0.5) is 5.69 Å². The van der Waals surface area contributed by atoms with Crippen LogP contribution >= 0.6 is 11.6 Å². The maximum absolute atomic E-state index is 14.1. The molecule has 0 saturated heterocycles. The Kier molecular flexibility index (Phi) is 10.8. The van der Waals surface area contributed by atoms with Gasteiger partial charge in [-0.3, -0.25) is 13.9 Å². The number of rotatable bonds is 12. The van der Waals surface area contributed by atoms with Gasteiger partial charge in [0, 0.05) is 24.5 Å². The van der Waals surface area contributed by atoms with Crippen LogP contribution in [-0.4, -0.2) is 50.5 Å². The SMILES string of the molecule is Cc1cccc(CN(C(=O)CN(c2ccc(Cl)cc2C)S(C)(=O)=O)[C@H](Cc2ccccc2)C(=O)NCC(C)C)c1. The highest BCUT2D eigenvalue weighted by Crippen LogP contribution is 2.26. The summed E-state index contributed by atoms with van der Waals surface area (Å²) in [5.74, 6) is -0.551. The Morgan fingerprint density at radius 1 is 0.925 bits per heavy atom. The molecule has 1 atom stereocenters. The lowest BCUT2D eigenvalue weighted by Gasteiger charge is -2.34. The zero-order valence-corrected chi connectivity index (χ0v) is 25.3. The second kappa shape index (κ2) is 13.8. The van der Waals surface area contributed by atoms with Gasteiger partial charge in [0.2, 0.25) is 21.8 Å². The van der Waals surface area contributed by atoms with Gasteiger partial charge in [-0.25, -0.2) is 8.42 Å². The molecule has 3 rings (SSSR count). The Morgan fingerprint density at radius 3 is 2.20 bits per heavy atom. The molecule has 0 bridgehead atoms. The van der Waals surface area contributed by atoms with Crippen molar-refractivity contribution < 1.29 is 18.0 Å². The monoisotopic (exact) mass is 583 g/mol. The molecule has 1 N–H and O–H groups in total. The molecule has 2 amide bonds. The van der Waals surface area contributed by atoms with Gasteiger partial charge >= 0.3 is 0 Å². The molecule has 0 saturated carbocycles. The fourth-order valence-electron chi connectivity index (χ4n) is 4.48. The molecule has 3 aromatic carbocycles. The Balaban J connectivity index is 2.07. The van der Waals surface area contributed by atoms with Crippen LogP contribution in [0, 0.1) is 19.8 Å². The minimum absolute atomic E-state index is 0.143. The number of sulfonamides is 1. The zero-order chi connectivity index (χ0) is 29.4. The summed E-state index contributed by atoms with van der Waals surface area (Å²) in [6, 6.07) is 21.2. The van der Waals surface area contributed by atoms with Gasteiger partial charge in [0.1, 0.15) is 12.6 Å². The summed E-state index contributed by atoms with van der Waals surface area (Å²) in [5, 5.41) is 3.45. The third kappa shape index (κ3) is 8.83. The largest absolute Gasteiger partial charge is 0.354 e. The molecule has 0 aromatic heterocycles. The molecule has 40 heavy (non-hydrogen) atoms. The van der Waals surface area contributed by atoms with E-state index in [-0.39, 0.29) is 24.8 Å². The lowest BCUT2D eigenvalue weighted by Crippen LogP contribution is -2.53. The fourth-order valence-corrected chi connectivity index (χ4v) is 5.61. The van der Waals surface area contributed by atoms with Gasteiger partial charge in [0.05, 0.1) is 11.9 Å². The van der Waals surface area contributed by atoms with Crippen LogP contribution in [0.2, 0.25) is 5.02 Å². The van der Waals surface area contributed by atoms with Crippen molar-refractivity contribution in [1.82, 2.24) is 10.2 Å². The molecule has 3 aromatic rings. The number of carbonyl (C=O) groups excluding carboxylic acids is 2. The summed E-state index contributed by atoms with van der Waals surface area (Å²) in [7, 11) is -3.85. The van der Waals surface area contributed by atoms with Crippen molar-refractivity contribution in [1.29, 1.82) is 0 Å². The molecule has 0 aliphatic carbocycles. The van der Waals surface area contributed by atoms with Crippen LogP contribution < -0.4 is 9.62 Å². The van der Waals surface area contributed by atoms with Gasteiger partial charge in [0.25, 0.3) is 0 Å². The summed E-state index contributed by atoms with van der Waals surface area (Å²) in [6.45, 7) is 7.84. The quantitative estimate of drug-likeness (QED) is 0.320. The van der Waals surface area contributed by atoms with Crippen LogP contribution in [0.5, 0.6) is 0 Å². The molecule has 0 fully saturated rings. The number of anilines is 1. The Hall–Kier alpha value is -3.36. The van der Waals surface area contributed by atoms with Crippen molar-refractivity contribution >= 4 is 39.1 Å². The van der Waals surface area contributed by atoms with Gasteiger partial charge in [0.15, 0.2) is 0 Å². The lowest BCUT2D eigenvalue weighted by molar-refractivity contribution is -0.140. The molecule has 0 aliphatic heterocycles. The number of hydrogen-bond donors (Lipinski definition) is 1. The fraction of sp³-hybridized carbons (Fsp3) is 0.355. The van der Waals surface area contributed by atoms with Crippen molar-refractivity contribution in [2.45, 2.75) is 46.7 Å². The molecule has 0 spiro atoms. The highest BCUT2D eigenvalue weighted by Gasteiger charge is 2.33. The minimum Gasteiger partial charge on any atom is -0.354 e. The van der Waals surface area contributed by atoms with E-state index in [2.05, 4.69) is 5.32 Å². The molecule has 214 valence electrons. The first-order valence-electron chi connectivity index (χ1n) is 13.3. The number of benzene rings is 3. The number of hydrogen-bond acceptors (Lipinski definition) is 4. The van der Waals surface area contributed by atoms with Crippen molar-refractivity contribution in [3.05, 3.63) is 100 Å². The van der Waals surface area contributed by atoms with E-state index in [9.17, 15) is 18.0 Å². The first kappa shape index (κ1) is 31.2. The van der Waals surface area contributed by atoms with E-state index in [1.807, 2.05) is 75.4 Å². The predicted molar refractivity (Wildman–Crippen MR) is 162 cm³/mol. The van der Waals surface area contributed by atoms with E-state index >= 15 is 0 Å². The number of carbonyl (C=O) groups is 2. The average molecular weight is 584 g/mol. The van der Waals surface area contributed by atoms with E-state index in [1.54, 1.807) is 25.1 Å². The average Bonchev–Trinajstić information content (AvgIpc) is 2.88. The normalized spacial score (nSPS) is 12.2. The summed E-state index contributed by atoms with van der Waals surface area (Å²) in [6.07, 6.45) is 1.34. The van der Waals surface area contributed by atoms with Gasteiger partial charge < -0.3 is 10.2 Å². The number of nitrogens with one attached hydrogen (secondary N) is 1. The van der Waals surface area contributed by atoms with Crippen LogP contribution in [0.15, 0.2) is 72.8 Å². The molecule has 0 aliphatic rings. The van der Waals surface area contributed by atoms with E-state index in [0.717, 1.165) is 27.3 Å². The van der Waals surface area contributed by atoms with Crippen molar-refractivity contribution in [3.8, 4) is 0 Å². The lowest BCUT2D eigenvalue weighted by atomic mass is 10.0. The van der Waals surface area contributed by atoms with Crippen molar-refractivity contribution in [3.63, 3.8) is 0 Å².